The maximum absolute atomic E-state index is 12.1. The second kappa shape index (κ2) is 6.17. The van der Waals surface area contributed by atoms with Gasteiger partial charge in [0.15, 0.2) is 0 Å². The minimum absolute atomic E-state index is 0.146. The zero-order valence-electron chi connectivity index (χ0n) is 13.4. The standard InChI is InChI=1S/C16H20ClN3O2S/c1-16(2,3)22-15(21)20-7-6-10(8-20)19-13-11(17)4-5-12-14(13)18-9-23-12/h4-5,9-10,19H,6-8H2,1-3H3. The van der Waals surface area contributed by atoms with Crippen molar-refractivity contribution in [3.63, 3.8) is 0 Å². The average Bonchev–Trinajstić information content (AvgIpc) is 3.09. The Kier molecular flexibility index (Phi) is 4.38. The lowest BCUT2D eigenvalue weighted by Gasteiger charge is -2.24. The van der Waals surface area contributed by atoms with Crippen LogP contribution in [0, 0.1) is 0 Å². The maximum atomic E-state index is 12.1. The molecule has 1 amide bonds. The number of carbonyl (C=O) groups is 1. The normalized spacial score (nSPS) is 18.4. The van der Waals surface area contributed by atoms with Crippen molar-refractivity contribution >= 4 is 44.9 Å². The lowest BCUT2D eigenvalue weighted by molar-refractivity contribution is 0.0293. The van der Waals surface area contributed by atoms with Crippen molar-refractivity contribution in [2.24, 2.45) is 0 Å². The van der Waals surface area contributed by atoms with E-state index in [0.29, 0.717) is 18.1 Å². The first-order valence-corrected chi connectivity index (χ1v) is 8.85. The van der Waals surface area contributed by atoms with Crippen LogP contribution in [0.2, 0.25) is 5.02 Å². The van der Waals surface area contributed by atoms with E-state index < -0.39 is 5.60 Å². The van der Waals surface area contributed by atoms with Gasteiger partial charge in [-0.05, 0) is 39.3 Å². The van der Waals surface area contributed by atoms with E-state index in [0.717, 1.165) is 22.3 Å². The van der Waals surface area contributed by atoms with E-state index in [4.69, 9.17) is 16.3 Å². The number of thiazole rings is 1. The van der Waals surface area contributed by atoms with Gasteiger partial charge in [0.25, 0.3) is 0 Å². The average molecular weight is 354 g/mol. The Morgan fingerprint density at radius 3 is 3.00 bits per heavy atom. The third kappa shape index (κ3) is 3.70. The topological polar surface area (TPSA) is 54.5 Å². The number of carbonyl (C=O) groups excluding carboxylic acids is 1. The van der Waals surface area contributed by atoms with Crippen LogP contribution in [-0.4, -0.2) is 40.7 Å². The Hall–Kier alpha value is -1.53. The van der Waals surface area contributed by atoms with Gasteiger partial charge in [0.05, 0.1) is 20.9 Å². The minimum Gasteiger partial charge on any atom is -0.444 e. The van der Waals surface area contributed by atoms with E-state index in [-0.39, 0.29) is 12.1 Å². The Morgan fingerprint density at radius 2 is 2.26 bits per heavy atom. The van der Waals surface area contributed by atoms with Crippen molar-refractivity contribution in [2.75, 3.05) is 18.4 Å². The Morgan fingerprint density at radius 1 is 1.48 bits per heavy atom. The van der Waals surface area contributed by atoms with Crippen LogP contribution in [0.1, 0.15) is 27.2 Å². The number of likely N-dealkylation sites (tertiary alicyclic amines) is 1. The summed E-state index contributed by atoms with van der Waals surface area (Å²) in [5.41, 5.74) is 3.08. The van der Waals surface area contributed by atoms with E-state index >= 15 is 0 Å². The molecule has 1 aliphatic heterocycles. The third-order valence-electron chi connectivity index (χ3n) is 3.64. The van der Waals surface area contributed by atoms with E-state index in [1.165, 1.54) is 0 Å². The molecule has 1 unspecified atom stereocenters. The number of rotatable bonds is 2. The first kappa shape index (κ1) is 16.3. The number of benzene rings is 1. The molecule has 0 bridgehead atoms. The summed E-state index contributed by atoms with van der Waals surface area (Å²) >= 11 is 7.91. The van der Waals surface area contributed by atoms with Crippen molar-refractivity contribution in [3.05, 3.63) is 22.7 Å². The van der Waals surface area contributed by atoms with E-state index in [1.807, 2.05) is 38.4 Å². The number of halogens is 1. The third-order valence-corrected chi connectivity index (χ3v) is 4.75. The SMILES string of the molecule is CC(C)(C)OC(=O)N1CCC(Nc2c(Cl)ccc3scnc23)C1. The molecule has 3 rings (SSSR count). The molecule has 1 aliphatic rings. The molecule has 1 saturated heterocycles. The Bertz CT molecular complexity index is 726. The molecule has 124 valence electrons. The van der Waals surface area contributed by atoms with Crippen molar-refractivity contribution in [1.29, 1.82) is 0 Å². The quantitative estimate of drug-likeness (QED) is 0.870. The van der Waals surface area contributed by atoms with Crippen molar-refractivity contribution in [2.45, 2.75) is 38.8 Å². The monoisotopic (exact) mass is 353 g/mol. The first-order chi connectivity index (χ1) is 10.8. The number of hydrogen-bond donors (Lipinski definition) is 1. The number of fused-ring (bicyclic) bond motifs is 1. The fourth-order valence-electron chi connectivity index (χ4n) is 2.62. The molecular formula is C16H20ClN3O2S. The van der Waals surface area contributed by atoms with Gasteiger partial charge in [0.1, 0.15) is 11.1 Å². The molecule has 0 spiro atoms. The lowest BCUT2D eigenvalue weighted by Crippen LogP contribution is -2.36. The number of amides is 1. The van der Waals surface area contributed by atoms with Gasteiger partial charge in [-0.25, -0.2) is 9.78 Å². The molecular weight excluding hydrogens is 334 g/mol. The summed E-state index contributed by atoms with van der Waals surface area (Å²) in [6.45, 7) is 6.90. The highest BCUT2D eigenvalue weighted by atomic mass is 35.5. The molecule has 0 radical (unpaired) electrons. The van der Waals surface area contributed by atoms with Gasteiger partial charge in [0.2, 0.25) is 0 Å². The zero-order valence-corrected chi connectivity index (χ0v) is 15.0. The van der Waals surface area contributed by atoms with Crippen LogP contribution in [0.4, 0.5) is 10.5 Å². The lowest BCUT2D eigenvalue weighted by atomic mass is 10.2. The summed E-state index contributed by atoms with van der Waals surface area (Å²) in [7, 11) is 0. The zero-order chi connectivity index (χ0) is 16.6. The molecule has 1 aromatic heterocycles. The van der Waals surface area contributed by atoms with Gasteiger partial charge in [-0.3, -0.25) is 0 Å². The molecule has 1 atom stereocenters. The van der Waals surface area contributed by atoms with E-state index in [2.05, 4.69) is 10.3 Å². The largest absolute Gasteiger partial charge is 0.444 e. The second-order valence-electron chi connectivity index (χ2n) is 6.68. The molecule has 2 heterocycles. The maximum Gasteiger partial charge on any atom is 0.410 e. The minimum atomic E-state index is -0.474. The summed E-state index contributed by atoms with van der Waals surface area (Å²) in [6, 6.07) is 4.00. The second-order valence-corrected chi connectivity index (χ2v) is 7.97. The summed E-state index contributed by atoms with van der Waals surface area (Å²) in [6.07, 6.45) is 0.593. The van der Waals surface area contributed by atoms with Gasteiger partial charge in [-0.15, -0.1) is 11.3 Å². The van der Waals surface area contributed by atoms with Gasteiger partial charge in [-0.2, -0.15) is 0 Å². The van der Waals surface area contributed by atoms with Gasteiger partial charge in [-0.1, -0.05) is 11.6 Å². The fourth-order valence-corrected chi connectivity index (χ4v) is 3.51. The highest BCUT2D eigenvalue weighted by molar-refractivity contribution is 7.16. The summed E-state index contributed by atoms with van der Waals surface area (Å²) < 4.78 is 6.52. The number of nitrogens with one attached hydrogen (secondary N) is 1. The molecule has 2 aromatic rings. The molecule has 1 N–H and O–H groups in total. The Balaban J connectivity index is 1.69. The smallest absolute Gasteiger partial charge is 0.410 e. The van der Waals surface area contributed by atoms with Crippen LogP contribution in [0.5, 0.6) is 0 Å². The highest BCUT2D eigenvalue weighted by Gasteiger charge is 2.30. The molecule has 5 nitrogen and oxygen atoms in total. The molecule has 1 fully saturated rings. The van der Waals surface area contributed by atoms with Crippen LogP contribution in [0.25, 0.3) is 10.2 Å². The van der Waals surface area contributed by atoms with Crippen LogP contribution in [0.3, 0.4) is 0 Å². The van der Waals surface area contributed by atoms with Crippen molar-refractivity contribution in [3.8, 4) is 0 Å². The van der Waals surface area contributed by atoms with Crippen molar-refractivity contribution < 1.29 is 9.53 Å². The van der Waals surface area contributed by atoms with Crippen LogP contribution in [0.15, 0.2) is 17.6 Å². The number of ether oxygens (including phenoxy) is 1. The highest BCUT2D eigenvalue weighted by Crippen LogP contribution is 2.33. The van der Waals surface area contributed by atoms with Gasteiger partial charge < -0.3 is 15.0 Å². The molecule has 0 saturated carbocycles. The number of aromatic nitrogens is 1. The van der Waals surface area contributed by atoms with Gasteiger partial charge in [0, 0.05) is 19.1 Å². The fraction of sp³-hybridized carbons (Fsp3) is 0.500. The molecule has 23 heavy (non-hydrogen) atoms. The van der Waals surface area contributed by atoms with Gasteiger partial charge >= 0.3 is 6.09 Å². The summed E-state index contributed by atoms with van der Waals surface area (Å²) in [5, 5.41) is 4.10. The summed E-state index contributed by atoms with van der Waals surface area (Å²) in [5.74, 6) is 0. The van der Waals surface area contributed by atoms with E-state index in [1.54, 1.807) is 16.2 Å². The molecule has 7 heteroatoms. The Labute approximate surface area is 144 Å². The summed E-state index contributed by atoms with van der Waals surface area (Å²) in [4.78, 5) is 18.3. The molecule has 1 aromatic carbocycles. The number of nitrogens with zero attached hydrogens (tertiary/aromatic N) is 2. The van der Waals surface area contributed by atoms with Crippen molar-refractivity contribution in [1.82, 2.24) is 9.88 Å². The number of anilines is 1. The van der Waals surface area contributed by atoms with Crippen LogP contribution >= 0.6 is 22.9 Å². The van der Waals surface area contributed by atoms with E-state index in [9.17, 15) is 4.79 Å². The van der Waals surface area contributed by atoms with Crippen LogP contribution in [-0.2, 0) is 4.74 Å². The number of hydrogen-bond acceptors (Lipinski definition) is 5. The first-order valence-electron chi connectivity index (χ1n) is 7.59. The predicted molar refractivity (Wildman–Crippen MR) is 94.5 cm³/mol. The van der Waals surface area contributed by atoms with Crippen LogP contribution < -0.4 is 5.32 Å². The predicted octanol–water partition coefficient (Wildman–Crippen LogP) is 4.37. The molecule has 0 aliphatic carbocycles.